The van der Waals surface area contributed by atoms with Crippen molar-refractivity contribution in [3.05, 3.63) is 57.4 Å². The number of ether oxygens (including phenoxy) is 2. The first-order chi connectivity index (χ1) is 13.3. The maximum absolute atomic E-state index is 12.5. The number of halogens is 1. The molecule has 0 amide bonds. The summed E-state index contributed by atoms with van der Waals surface area (Å²) in [4.78, 5) is 37.1. The van der Waals surface area contributed by atoms with Crippen molar-refractivity contribution in [3.8, 4) is 0 Å². The van der Waals surface area contributed by atoms with Gasteiger partial charge in [-0.1, -0.05) is 31.5 Å². The minimum atomic E-state index is -0.786. The molecule has 1 aromatic heterocycles. The summed E-state index contributed by atoms with van der Waals surface area (Å²) in [7, 11) is 1.79. The molecule has 0 unspecified atom stereocenters. The Morgan fingerprint density at radius 2 is 1.75 bits per heavy atom. The lowest BCUT2D eigenvalue weighted by Crippen LogP contribution is -2.18. The molecule has 0 saturated carbocycles. The number of carbonyl (C=O) groups is 3. The number of aromatic nitrogens is 1. The maximum Gasteiger partial charge on any atom is 0.345 e. The number of benzene rings is 1. The molecule has 0 aliphatic rings. The number of nitrogens with zero attached hydrogens (tertiary/aromatic N) is 1. The van der Waals surface area contributed by atoms with Gasteiger partial charge in [0.15, 0.2) is 0 Å². The van der Waals surface area contributed by atoms with E-state index in [0.29, 0.717) is 29.1 Å². The van der Waals surface area contributed by atoms with Gasteiger partial charge >= 0.3 is 17.9 Å². The van der Waals surface area contributed by atoms with Gasteiger partial charge in [-0.05, 0) is 43.5 Å². The molecule has 2 rings (SSSR count). The number of esters is 3. The van der Waals surface area contributed by atoms with E-state index < -0.39 is 17.9 Å². The van der Waals surface area contributed by atoms with Crippen molar-refractivity contribution in [2.24, 2.45) is 7.05 Å². The summed E-state index contributed by atoms with van der Waals surface area (Å²) in [5, 5.41) is 0.370. The summed E-state index contributed by atoms with van der Waals surface area (Å²) >= 11 is 5.87. The lowest BCUT2D eigenvalue weighted by Gasteiger charge is -2.09. The van der Waals surface area contributed by atoms with Crippen LogP contribution in [0.2, 0.25) is 5.02 Å². The predicted molar refractivity (Wildman–Crippen MR) is 106 cm³/mol. The van der Waals surface area contributed by atoms with Crippen LogP contribution in [-0.2, 0) is 40.6 Å². The minimum absolute atomic E-state index is 0.182. The molecule has 2 aromatic rings. The Hall–Kier alpha value is -2.60. The molecule has 0 N–H and O–H groups in total. The van der Waals surface area contributed by atoms with E-state index in [4.69, 9.17) is 21.1 Å². The van der Waals surface area contributed by atoms with E-state index in [1.807, 2.05) is 18.4 Å². The van der Waals surface area contributed by atoms with Crippen LogP contribution in [0.3, 0.4) is 0 Å². The first kappa shape index (κ1) is 21.7. The van der Waals surface area contributed by atoms with Crippen LogP contribution < -0.4 is 0 Å². The van der Waals surface area contributed by atoms with E-state index in [1.165, 1.54) is 12.1 Å². The summed E-state index contributed by atoms with van der Waals surface area (Å²) in [6.07, 6.45) is 1.11. The van der Waals surface area contributed by atoms with Gasteiger partial charge in [0.25, 0.3) is 0 Å². The second-order valence-electron chi connectivity index (χ2n) is 6.18. The summed E-state index contributed by atoms with van der Waals surface area (Å²) in [5.74, 6) is -2.01. The fourth-order valence-corrected chi connectivity index (χ4v) is 3.48. The van der Waals surface area contributed by atoms with E-state index in [0.717, 1.165) is 11.3 Å². The van der Waals surface area contributed by atoms with Gasteiger partial charge in [-0.25, -0.2) is 9.59 Å². The van der Waals surface area contributed by atoms with Crippen LogP contribution in [0.1, 0.15) is 58.4 Å². The highest BCUT2D eigenvalue weighted by molar-refractivity contribution is 6.30. The molecule has 0 spiro atoms. The van der Waals surface area contributed by atoms with Crippen molar-refractivity contribution in [3.63, 3.8) is 0 Å². The number of hydrogen-bond donors (Lipinski definition) is 0. The zero-order valence-electron chi connectivity index (χ0n) is 16.5. The molecule has 0 fully saturated rings. The van der Waals surface area contributed by atoms with Crippen LogP contribution in [-0.4, -0.2) is 29.1 Å². The van der Waals surface area contributed by atoms with Gasteiger partial charge in [0.05, 0.1) is 24.2 Å². The van der Waals surface area contributed by atoms with Crippen LogP contribution in [0.15, 0.2) is 24.3 Å². The van der Waals surface area contributed by atoms with Crippen molar-refractivity contribution in [2.75, 3.05) is 6.61 Å². The van der Waals surface area contributed by atoms with E-state index in [9.17, 15) is 14.4 Å². The van der Waals surface area contributed by atoms with Gasteiger partial charge in [0.1, 0.15) is 0 Å². The molecule has 150 valence electrons. The van der Waals surface area contributed by atoms with Gasteiger partial charge in [-0.2, -0.15) is 0 Å². The lowest BCUT2D eigenvalue weighted by atomic mass is 10.0. The fraction of sp³-hybridized carbons (Fsp3) is 0.381. The third-order valence-electron chi connectivity index (χ3n) is 4.50. The van der Waals surface area contributed by atoms with Crippen LogP contribution in [0.5, 0.6) is 0 Å². The molecule has 0 aliphatic heterocycles. The normalized spacial score (nSPS) is 10.6. The molecular weight excluding hydrogens is 382 g/mol. The van der Waals surface area contributed by atoms with Crippen molar-refractivity contribution in [1.29, 1.82) is 0 Å². The van der Waals surface area contributed by atoms with Gasteiger partial charge in [0.2, 0.25) is 0 Å². The van der Waals surface area contributed by atoms with E-state index in [2.05, 4.69) is 0 Å². The van der Waals surface area contributed by atoms with Gasteiger partial charge in [0, 0.05) is 23.5 Å². The molecule has 0 bridgehead atoms. The number of rotatable bonds is 7. The topological polar surface area (TPSA) is 74.6 Å². The second-order valence-corrected chi connectivity index (χ2v) is 6.62. The van der Waals surface area contributed by atoms with Crippen molar-refractivity contribution in [2.45, 2.75) is 40.0 Å². The average molecular weight is 406 g/mol. The Bertz CT molecular complexity index is 900. The van der Waals surface area contributed by atoms with Crippen LogP contribution in [0, 0.1) is 0 Å². The minimum Gasteiger partial charge on any atom is -0.462 e. The van der Waals surface area contributed by atoms with Crippen molar-refractivity contribution < 1.29 is 23.9 Å². The van der Waals surface area contributed by atoms with E-state index >= 15 is 0 Å². The van der Waals surface area contributed by atoms with Crippen molar-refractivity contribution >= 4 is 29.5 Å². The highest BCUT2D eigenvalue weighted by Crippen LogP contribution is 2.26. The zero-order valence-corrected chi connectivity index (χ0v) is 17.3. The molecule has 1 heterocycles. The second kappa shape index (κ2) is 9.55. The maximum atomic E-state index is 12.5. The molecule has 0 aliphatic carbocycles. The quantitative estimate of drug-likeness (QED) is 0.515. The molecule has 0 radical (unpaired) electrons. The third-order valence-corrected chi connectivity index (χ3v) is 4.73. The smallest absolute Gasteiger partial charge is 0.345 e. The summed E-state index contributed by atoms with van der Waals surface area (Å²) < 4.78 is 12.0. The highest BCUT2D eigenvalue weighted by Gasteiger charge is 2.27. The monoisotopic (exact) mass is 405 g/mol. The fourth-order valence-electron chi connectivity index (χ4n) is 3.28. The summed E-state index contributed by atoms with van der Waals surface area (Å²) in [6, 6.07) is 6.15. The van der Waals surface area contributed by atoms with Gasteiger partial charge < -0.3 is 14.0 Å². The Balaban J connectivity index is 2.31. The van der Waals surface area contributed by atoms with E-state index in [-0.39, 0.29) is 18.6 Å². The first-order valence-corrected chi connectivity index (χ1v) is 9.58. The van der Waals surface area contributed by atoms with Crippen LogP contribution in [0.25, 0.3) is 0 Å². The largest absolute Gasteiger partial charge is 0.462 e. The van der Waals surface area contributed by atoms with Crippen LogP contribution >= 0.6 is 11.6 Å². The Kier molecular flexibility index (Phi) is 7.40. The van der Waals surface area contributed by atoms with E-state index in [1.54, 1.807) is 26.1 Å². The molecule has 7 heteroatoms. The average Bonchev–Trinajstić information content (AvgIpc) is 2.92. The molecule has 28 heavy (non-hydrogen) atoms. The predicted octanol–water partition coefficient (Wildman–Crippen LogP) is 3.91. The Morgan fingerprint density at radius 1 is 1.04 bits per heavy atom. The standard InChI is InChI=1S/C21H24ClNO5/c1-5-15-16(6-2)23(4)17(19(15)21(26)27-7-3)12-18(24)28-20(25)13-9-8-10-14(22)11-13/h8-11H,5-7,12H2,1-4H3. The Labute approximate surface area is 169 Å². The van der Waals surface area contributed by atoms with Gasteiger partial charge in [-0.15, -0.1) is 0 Å². The summed E-state index contributed by atoms with van der Waals surface area (Å²) in [5.41, 5.74) is 2.86. The summed E-state index contributed by atoms with van der Waals surface area (Å²) in [6.45, 7) is 5.89. The molecule has 0 saturated heterocycles. The third kappa shape index (κ3) is 4.62. The highest BCUT2D eigenvalue weighted by atomic mass is 35.5. The van der Waals surface area contributed by atoms with Crippen molar-refractivity contribution in [1.82, 2.24) is 4.57 Å². The number of carbonyl (C=O) groups excluding carboxylic acids is 3. The SMILES string of the molecule is CCOC(=O)c1c(CC)c(CC)n(C)c1CC(=O)OC(=O)c1cccc(Cl)c1. The Morgan fingerprint density at radius 3 is 2.32 bits per heavy atom. The van der Waals surface area contributed by atoms with Crippen LogP contribution in [0.4, 0.5) is 0 Å². The molecular formula is C21H24ClNO5. The molecule has 1 aromatic carbocycles. The zero-order chi connectivity index (χ0) is 20.8. The molecule has 0 atom stereocenters. The number of hydrogen-bond acceptors (Lipinski definition) is 5. The lowest BCUT2D eigenvalue weighted by molar-refractivity contribution is -0.137. The van der Waals surface area contributed by atoms with Gasteiger partial charge in [-0.3, -0.25) is 4.79 Å². The first-order valence-electron chi connectivity index (χ1n) is 9.20. The molecule has 6 nitrogen and oxygen atoms in total.